The molecule has 0 amide bonds. The molecule has 0 bridgehead atoms. The van der Waals surface area contributed by atoms with Crippen LogP contribution in [0.15, 0.2) is 388 Å². The molecule has 0 unspecified atom stereocenters. The van der Waals surface area contributed by atoms with Crippen molar-refractivity contribution in [2.75, 3.05) is 0 Å². The molecule has 1 aliphatic carbocycles. The van der Waals surface area contributed by atoms with E-state index in [0.29, 0.717) is 0 Å². The van der Waals surface area contributed by atoms with Crippen molar-refractivity contribution in [2.24, 2.45) is 0 Å². The fourth-order valence-corrected chi connectivity index (χ4v) is 18.8. The van der Waals surface area contributed by atoms with E-state index in [9.17, 15) is 0 Å². The van der Waals surface area contributed by atoms with Crippen LogP contribution in [0.3, 0.4) is 0 Å². The Balaban J connectivity index is 0.000000142. The summed E-state index contributed by atoms with van der Waals surface area (Å²) in [5, 5.41) is 15.1. The molecule has 0 atom stereocenters. The van der Waals surface area contributed by atoms with E-state index < -0.39 is 0 Å². The molecule has 0 spiro atoms. The van der Waals surface area contributed by atoms with Crippen LogP contribution in [0.5, 0.6) is 0 Å². The molecule has 22 aromatic rings. The van der Waals surface area contributed by atoms with Crippen molar-refractivity contribution in [1.29, 1.82) is 0 Å². The third-order valence-electron chi connectivity index (χ3n) is 24.3. The Morgan fingerprint density at radius 2 is 0.504 bits per heavy atom. The van der Waals surface area contributed by atoms with Gasteiger partial charge in [0, 0.05) is 71.3 Å². The van der Waals surface area contributed by atoms with Gasteiger partial charge in [0.2, 0.25) is 0 Å². The average Bonchev–Trinajstić information content (AvgIpc) is 1.62. The highest BCUT2D eigenvalue weighted by Gasteiger charge is 2.36. The van der Waals surface area contributed by atoms with Crippen LogP contribution in [0.1, 0.15) is 36.1 Å². The van der Waals surface area contributed by atoms with Crippen LogP contribution in [0, 0.1) is 13.8 Å². The quantitative estimate of drug-likeness (QED) is 0.137. The molecule has 4 heterocycles. The van der Waals surface area contributed by atoms with Crippen LogP contribution in [0.25, 0.3) is 198 Å². The molecule has 4 nitrogen and oxygen atoms in total. The van der Waals surface area contributed by atoms with Gasteiger partial charge in [-0.25, -0.2) is 0 Å². The monoisotopic (exact) mass is 1440 g/mol. The lowest BCUT2D eigenvalue weighted by Gasteiger charge is -2.22. The number of aryl methyl sites for hydroxylation is 2. The van der Waals surface area contributed by atoms with Crippen LogP contribution < -0.4 is 0 Å². The molecule has 4 heteroatoms. The zero-order valence-corrected chi connectivity index (χ0v) is 63.2. The van der Waals surface area contributed by atoms with Crippen molar-refractivity contribution in [3.8, 4) is 89.5 Å². The van der Waals surface area contributed by atoms with Crippen molar-refractivity contribution >= 4 is 109 Å². The van der Waals surface area contributed by atoms with Crippen molar-refractivity contribution in [2.45, 2.75) is 33.1 Å². The Morgan fingerprint density at radius 1 is 0.177 bits per heavy atom. The maximum Gasteiger partial charge on any atom is 0.0547 e. The van der Waals surface area contributed by atoms with Crippen molar-refractivity contribution < 1.29 is 0 Å². The fourth-order valence-electron chi connectivity index (χ4n) is 18.8. The number of rotatable bonds is 9. The van der Waals surface area contributed by atoms with E-state index in [1.54, 1.807) is 0 Å². The zero-order chi connectivity index (χ0) is 75.2. The summed E-state index contributed by atoms with van der Waals surface area (Å²) in [6.45, 7) is 9.08. The first-order valence-corrected chi connectivity index (χ1v) is 39.3. The summed E-state index contributed by atoms with van der Waals surface area (Å²) in [6.07, 6.45) is 0. The van der Waals surface area contributed by atoms with Crippen molar-refractivity contribution in [3.05, 3.63) is 411 Å². The summed E-state index contributed by atoms with van der Waals surface area (Å²) < 4.78 is 9.71. The number of nitrogens with zero attached hydrogens (tertiary/aromatic N) is 4. The summed E-state index contributed by atoms with van der Waals surface area (Å²) in [7, 11) is 0. The number of hydrogen-bond acceptors (Lipinski definition) is 0. The molecule has 4 aromatic heterocycles. The van der Waals surface area contributed by atoms with E-state index in [1.807, 2.05) is 0 Å². The van der Waals surface area contributed by atoms with Gasteiger partial charge in [-0.15, -0.1) is 0 Å². The SMILES string of the molecule is CC1(C)c2ccccc2-c2ccc(-n3c4ccccc4c4ccc(-c5ccc(-c6ccc7c(c6)c6ccccc6n7-c6ccc7cc(-c8ccccc8)ccc7c6)cc5)cc43)cc21.Cc1cc(C)cc(-n2c3ccccc3c3ccc(-c4ccc(-c5ccc6c(c5)c5ccccc5n6-c5ccc6ccccc6c5)cc4)cc32)c1. The molecular weight excluding hydrogens is 1370 g/mol. The Kier molecular flexibility index (Phi) is 15.1. The van der Waals surface area contributed by atoms with Gasteiger partial charge < -0.3 is 18.3 Å². The lowest BCUT2D eigenvalue weighted by molar-refractivity contribution is 0.660. The number of fused-ring (bicyclic) bond motifs is 17. The predicted molar refractivity (Wildman–Crippen MR) is 479 cm³/mol. The first-order valence-electron chi connectivity index (χ1n) is 39.3. The fraction of sp³-hybridized carbons (Fsp3) is 0.0459. The van der Waals surface area contributed by atoms with Gasteiger partial charge in [-0.2, -0.15) is 0 Å². The van der Waals surface area contributed by atoms with Crippen LogP contribution in [-0.2, 0) is 5.41 Å². The Morgan fingerprint density at radius 3 is 1.04 bits per heavy atom. The minimum absolute atomic E-state index is 0.0688. The van der Waals surface area contributed by atoms with Crippen LogP contribution >= 0.6 is 0 Å². The summed E-state index contributed by atoms with van der Waals surface area (Å²) in [4.78, 5) is 0. The van der Waals surface area contributed by atoms with Gasteiger partial charge >= 0.3 is 0 Å². The predicted octanol–water partition coefficient (Wildman–Crippen LogP) is 29.3. The van der Waals surface area contributed by atoms with Crippen LogP contribution in [0.2, 0.25) is 0 Å². The second-order valence-electron chi connectivity index (χ2n) is 31.4. The molecule has 0 fully saturated rings. The summed E-state index contributed by atoms with van der Waals surface area (Å²) in [6, 6.07) is 143. The normalized spacial score (nSPS) is 12.5. The Labute approximate surface area is 655 Å². The lowest BCUT2D eigenvalue weighted by atomic mass is 9.82. The van der Waals surface area contributed by atoms with Crippen molar-refractivity contribution in [1.82, 2.24) is 18.3 Å². The van der Waals surface area contributed by atoms with Gasteiger partial charge in [0.05, 0.1) is 44.1 Å². The molecule has 0 saturated carbocycles. The first kappa shape index (κ1) is 65.7. The summed E-state index contributed by atoms with van der Waals surface area (Å²) >= 11 is 0. The van der Waals surface area contributed by atoms with E-state index in [2.05, 4.69) is 434 Å². The van der Waals surface area contributed by atoms with Gasteiger partial charge in [0.15, 0.2) is 0 Å². The lowest BCUT2D eigenvalue weighted by Crippen LogP contribution is -2.15. The average molecular weight is 1440 g/mol. The summed E-state index contributed by atoms with van der Waals surface area (Å²) in [5.41, 5.74) is 34.6. The Hall–Kier alpha value is -14.3. The highest BCUT2D eigenvalue weighted by atomic mass is 15.0. The Bertz CT molecular complexity index is 7620. The first-order chi connectivity index (χ1) is 55.6. The molecule has 0 N–H and O–H groups in total. The molecule has 1 aliphatic rings. The minimum Gasteiger partial charge on any atom is -0.309 e. The van der Waals surface area contributed by atoms with Gasteiger partial charge in [-0.1, -0.05) is 287 Å². The van der Waals surface area contributed by atoms with E-state index in [1.165, 1.54) is 221 Å². The van der Waals surface area contributed by atoms with Gasteiger partial charge in [0.25, 0.3) is 0 Å². The molecule has 0 aliphatic heterocycles. The van der Waals surface area contributed by atoms with Gasteiger partial charge in [-0.05, 0) is 240 Å². The molecule has 18 aromatic carbocycles. The van der Waals surface area contributed by atoms with Crippen LogP contribution in [-0.4, -0.2) is 18.3 Å². The largest absolute Gasteiger partial charge is 0.309 e. The minimum atomic E-state index is -0.0688. The third kappa shape index (κ3) is 10.8. The molecule has 0 saturated heterocycles. The van der Waals surface area contributed by atoms with Gasteiger partial charge in [0.1, 0.15) is 0 Å². The number of aromatic nitrogens is 4. The van der Waals surface area contributed by atoms with Crippen molar-refractivity contribution in [3.63, 3.8) is 0 Å². The number of benzene rings is 18. The highest BCUT2D eigenvalue weighted by Crippen LogP contribution is 2.50. The van der Waals surface area contributed by atoms with Crippen LogP contribution in [0.4, 0.5) is 0 Å². The molecule has 0 radical (unpaired) electrons. The smallest absolute Gasteiger partial charge is 0.0547 e. The van der Waals surface area contributed by atoms with E-state index in [-0.39, 0.29) is 5.41 Å². The number of hydrogen-bond donors (Lipinski definition) is 0. The second kappa shape index (κ2) is 25.9. The molecular formula is C109H76N4. The second-order valence-corrected chi connectivity index (χ2v) is 31.4. The summed E-state index contributed by atoms with van der Waals surface area (Å²) in [5.74, 6) is 0. The maximum atomic E-state index is 2.47. The van der Waals surface area contributed by atoms with E-state index in [4.69, 9.17) is 0 Å². The molecule has 23 rings (SSSR count). The number of para-hydroxylation sites is 4. The highest BCUT2D eigenvalue weighted by molar-refractivity contribution is 6.14. The third-order valence-corrected chi connectivity index (χ3v) is 24.3. The topological polar surface area (TPSA) is 19.7 Å². The zero-order valence-electron chi connectivity index (χ0n) is 63.2. The van der Waals surface area contributed by atoms with E-state index >= 15 is 0 Å². The van der Waals surface area contributed by atoms with Gasteiger partial charge in [-0.3, -0.25) is 0 Å². The molecule has 113 heavy (non-hydrogen) atoms. The maximum absolute atomic E-state index is 2.47. The van der Waals surface area contributed by atoms with E-state index in [0.717, 1.165) is 0 Å². The molecule has 532 valence electrons. The standard InChI is InChI=1S/C61H42N2.C48H34N2/c1-61(2)55-17-9-6-14-49(55)50-32-30-48(38-56(50)61)63-57-18-10-7-15-51(57)53-31-27-46(37-60(53)63)41-22-20-40(21-23-41)45-28-33-59-54(36-45)52-16-8-11-19-58(52)62(59)47-29-26-43-34-42(24-25-44(43)35-47)39-12-4-3-5-13-39;1-31-25-32(2)27-40(26-31)50-45-13-7-5-11-41(45)43-23-20-38(30-48(43)50)35-17-15-34(16-18-35)37-21-24-47-44(29-37)42-12-6-8-14-46(42)49(47)39-22-19-33-9-3-4-10-36(33)28-39/h3-38H,1-2H3;3-30H,1-2H3.